The maximum atomic E-state index is 13.1. The summed E-state index contributed by atoms with van der Waals surface area (Å²) in [5.41, 5.74) is 8.75. The van der Waals surface area contributed by atoms with E-state index in [1.807, 2.05) is 37.4 Å². The SMILES string of the molecule is CC(C)(N)c1csc(NCc2cccc3c2C(=O)N(C2CCC(=O)NC2=O)C3)n1. The number of anilines is 1. The lowest BCUT2D eigenvalue weighted by molar-refractivity contribution is -0.136. The Kier molecular flexibility index (Phi) is 4.87. The molecule has 1 aromatic heterocycles. The molecule has 1 unspecified atom stereocenters. The number of amides is 3. The van der Waals surface area contributed by atoms with Gasteiger partial charge >= 0.3 is 0 Å². The number of rotatable bonds is 5. The Labute approximate surface area is 172 Å². The molecule has 4 N–H and O–H groups in total. The summed E-state index contributed by atoms with van der Waals surface area (Å²) >= 11 is 1.47. The fourth-order valence-electron chi connectivity index (χ4n) is 3.66. The van der Waals surface area contributed by atoms with Crippen LogP contribution in [0.3, 0.4) is 0 Å². The average molecular weight is 414 g/mol. The van der Waals surface area contributed by atoms with Crippen LogP contribution in [0, 0.1) is 0 Å². The van der Waals surface area contributed by atoms with Crippen LogP contribution in [0.2, 0.25) is 0 Å². The van der Waals surface area contributed by atoms with Gasteiger partial charge in [-0.1, -0.05) is 18.2 Å². The van der Waals surface area contributed by atoms with Gasteiger partial charge in [-0.2, -0.15) is 0 Å². The highest BCUT2D eigenvalue weighted by molar-refractivity contribution is 7.13. The number of carbonyl (C=O) groups excluding carboxylic acids is 3. The Morgan fingerprint density at radius 1 is 1.34 bits per heavy atom. The van der Waals surface area contributed by atoms with E-state index in [-0.39, 0.29) is 18.2 Å². The Hall–Kier alpha value is -2.78. The highest BCUT2D eigenvalue weighted by Crippen LogP contribution is 2.30. The minimum Gasteiger partial charge on any atom is -0.357 e. The normalized spacial score (nSPS) is 19.3. The molecule has 3 amide bonds. The number of fused-ring (bicyclic) bond motifs is 1. The molecule has 2 aliphatic rings. The van der Waals surface area contributed by atoms with Gasteiger partial charge in [0.1, 0.15) is 6.04 Å². The number of nitrogens with two attached hydrogens (primary N) is 1. The smallest absolute Gasteiger partial charge is 0.255 e. The first kappa shape index (κ1) is 19.5. The van der Waals surface area contributed by atoms with Crippen molar-refractivity contribution in [2.75, 3.05) is 5.32 Å². The van der Waals surface area contributed by atoms with E-state index in [0.717, 1.165) is 22.0 Å². The van der Waals surface area contributed by atoms with Crippen LogP contribution in [-0.4, -0.2) is 33.6 Å². The molecule has 0 radical (unpaired) electrons. The van der Waals surface area contributed by atoms with Crippen molar-refractivity contribution in [3.63, 3.8) is 0 Å². The van der Waals surface area contributed by atoms with Crippen LogP contribution in [0.15, 0.2) is 23.6 Å². The lowest BCUT2D eigenvalue weighted by Gasteiger charge is -2.29. The van der Waals surface area contributed by atoms with Crippen LogP contribution < -0.4 is 16.4 Å². The number of hydrogen-bond acceptors (Lipinski definition) is 7. The fourth-order valence-corrected chi connectivity index (χ4v) is 4.55. The molecule has 1 saturated heterocycles. The third-order valence-corrected chi connectivity index (χ3v) is 6.03. The number of nitrogens with zero attached hydrogens (tertiary/aromatic N) is 2. The van der Waals surface area contributed by atoms with E-state index < -0.39 is 17.5 Å². The van der Waals surface area contributed by atoms with Crippen molar-refractivity contribution in [2.24, 2.45) is 5.73 Å². The molecule has 29 heavy (non-hydrogen) atoms. The van der Waals surface area contributed by atoms with E-state index in [2.05, 4.69) is 15.6 Å². The topological polar surface area (TPSA) is 117 Å². The lowest BCUT2D eigenvalue weighted by atomic mass is 10.0. The summed E-state index contributed by atoms with van der Waals surface area (Å²) in [7, 11) is 0. The number of aromatic nitrogens is 1. The van der Waals surface area contributed by atoms with E-state index in [0.29, 0.717) is 25.1 Å². The van der Waals surface area contributed by atoms with Gasteiger partial charge in [0.05, 0.1) is 11.2 Å². The molecule has 2 aromatic rings. The zero-order valence-corrected chi connectivity index (χ0v) is 17.1. The number of thiazole rings is 1. The summed E-state index contributed by atoms with van der Waals surface area (Å²) in [4.78, 5) is 42.8. The van der Waals surface area contributed by atoms with Crippen molar-refractivity contribution in [1.82, 2.24) is 15.2 Å². The van der Waals surface area contributed by atoms with Crippen molar-refractivity contribution < 1.29 is 14.4 Å². The second-order valence-electron chi connectivity index (χ2n) is 7.96. The molecule has 1 aromatic carbocycles. The fraction of sp³-hybridized carbons (Fsp3) is 0.400. The summed E-state index contributed by atoms with van der Waals surface area (Å²) < 4.78 is 0. The number of benzene rings is 1. The predicted molar refractivity (Wildman–Crippen MR) is 109 cm³/mol. The van der Waals surface area contributed by atoms with E-state index in [9.17, 15) is 14.4 Å². The van der Waals surface area contributed by atoms with Gasteiger partial charge in [-0.05, 0) is 31.4 Å². The molecule has 0 aliphatic carbocycles. The number of hydrogen-bond donors (Lipinski definition) is 3. The van der Waals surface area contributed by atoms with Crippen molar-refractivity contribution in [2.45, 2.75) is 51.4 Å². The van der Waals surface area contributed by atoms with Crippen LogP contribution in [0.4, 0.5) is 5.13 Å². The zero-order valence-electron chi connectivity index (χ0n) is 16.3. The van der Waals surface area contributed by atoms with Gasteiger partial charge in [0.25, 0.3) is 5.91 Å². The van der Waals surface area contributed by atoms with Gasteiger partial charge in [0.15, 0.2) is 5.13 Å². The Morgan fingerprint density at radius 2 is 2.14 bits per heavy atom. The van der Waals surface area contributed by atoms with Gasteiger partial charge < -0.3 is 16.0 Å². The summed E-state index contributed by atoms with van der Waals surface area (Å²) in [6, 6.07) is 5.11. The van der Waals surface area contributed by atoms with E-state index >= 15 is 0 Å². The Bertz CT molecular complexity index is 994. The number of nitrogens with one attached hydrogen (secondary N) is 2. The molecule has 2 aliphatic heterocycles. The van der Waals surface area contributed by atoms with Crippen LogP contribution >= 0.6 is 11.3 Å². The van der Waals surface area contributed by atoms with Crippen molar-refractivity contribution in [3.8, 4) is 0 Å². The standard InChI is InChI=1S/C20H23N5O3S/c1-20(2,21)14-10-29-19(23-14)22-8-11-4-3-5-12-9-25(18(28)16(11)12)13-6-7-15(26)24-17(13)27/h3-5,10,13H,6-9,21H2,1-2H3,(H,22,23)(H,24,26,27). The summed E-state index contributed by atoms with van der Waals surface area (Å²) in [6.45, 7) is 4.61. The molecule has 0 saturated carbocycles. The first-order valence-electron chi connectivity index (χ1n) is 9.48. The van der Waals surface area contributed by atoms with Crippen LogP contribution in [0.5, 0.6) is 0 Å². The summed E-state index contributed by atoms with van der Waals surface area (Å²) in [6.07, 6.45) is 0.601. The van der Waals surface area contributed by atoms with Crippen molar-refractivity contribution >= 4 is 34.2 Å². The van der Waals surface area contributed by atoms with Gasteiger partial charge in [-0.3, -0.25) is 19.7 Å². The van der Waals surface area contributed by atoms with Crippen LogP contribution in [-0.2, 0) is 28.2 Å². The third kappa shape index (κ3) is 3.75. The second-order valence-corrected chi connectivity index (χ2v) is 8.82. The van der Waals surface area contributed by atoms with Crippen LogP contribution in [0.1, 0.15) is 53.9 Å². The minimum absolute atomic E-state index is 0.171. The minimum atomic E-state index is -0.610. The molecule has 152 valence electrons. The first-order chi connectivity index (χ1) is 13.7. The molecule has 1 atom stereocenters. The predicted octanol–water partition coefficient (Wildman–Crippen LogP) is 1.71. The van der Waals surface area contributed by atoms with Crippen LogP contribution in [0.25, 0.3) is 0 Å². The van der Waals surface area contributed by atoms with Crippen molar-refractivity contribution in [3.05, 3.63) is 46.0 Å². The number of piperidine rings is 1. The Morgan fingerprint density at radius 3 is 2.83 bits per heavy atom. The number of carbonyl (C=O) groups is 3. The van der Waals surface area contributed by atoms with Gasteiger partial charge in [0.2, 0.25) is 11.8 Å². The third-order valence-electron chi connectivity index (χ3n) is 5.23. The van der Waals surface area contributed by atoms with Gasteiger partial charge in [0, 0.05) is 30.5 Å². The van der Waals surface area contributed by atoms with Gasteiger partial charge in [-0.25, -0.2) is 4.98 Å². The van der Waals surface area contributed by atoms with Gasteiger partial charge in [-0.15, -0.1) is 11.3 Å². The van der Waals surface area contributed by atoms with Crippen molar-refractivity contribution in [1.29, 1.82) is 0 Å². The monoisotopic (exact) mass is 413 g/mol. The molecular formula is C20H23N5O3S. The molecule has 9 heteroatoms. The highest BCUT2D eigenvalue weighted by atomic mass is 32.1. The van der Waals surface area contributed by atoms with E-state index in [1.165, 1.54) is 11.3 Å². The zero-order chi connectivity index (χ0) is 20.8. The molecule has 3 heterocycles. The second kappa shape index (κ2) is 7.23. The molecule has 0 bridgehead atoms. The maximum absolute atomic E-state index is 13.1. The molecular weight excluding hydrogens is 390 g/mol. The largest absolute Gasteiger partial charge is 0.357 e. The molecule has 0 spiro atoms. The average Bonchev–Trinajstić information content (AvgIpc) is 3.25. The molecule has 1 fully saturated rings. The van der Waals surface area contributed by atoms with E-state index in [4.69, 9.17) is 5.73 Å². The first-order valence-corrected chi connectivity index (χ1v) is 10.4. The number of imide groups is 1. The highest BCUT2D eigenvalue weighted by Gasteiger charge is 2.39. The lowest BCUT2D eigenvalue weighted by Crippen LogP contribution is -2.52. The van der Waals surface area contributed by atoms with E-state index in [1.54, 1.807) is 4.90 Å². The summed E-state index contributed by atoms with van der Waals surface area (Å²) in [5.74, 6) is -0.861. The summed E-state index contributed by atoms with van der Waals surface area (Å²) in [5, 5.41) is 8.26. The molecule has 8 nitrogen and oxygen atoms in total. The molecule has 4 rings (SSSR count). The Balaban J connectivity index is 1.51. The quantitative estimate of drug-likeness (QED) is 0.643. The maximum Gasteiger partial charge on any atom is 0.255 e.